The molecule has 2 aliphatic heterocycles. The van der Waals surface area contributed by atoms with E-state index in [0.717, 1.165) is 54.7 Å². The van der Waals surface area contributed by atoms with Crippen LogP contribution in [0.4, 0.5) is 11.4 Å². The zero-order chi connectivity index (χ0) is 25.5. The maximum absolute atomic E-state index is 8.81. The van der Waals surface area contributed by atoms with E-state index in [1.807, 2.05) is 16.9 Å². The second-order valence-corrected chi connectivity index (χ2v) is 16.2. The van der Waals surface area contributed by atoms with Crippen molar-refractivity contribution >= 4 is 19.4 Å². The van der Waals surface area contributed by atoms with Crippen molar-refractivity contribution in [3.63, 3.8) is 0 Å². The third kappa shape index (κ3) is 6.98. The molecule has 4 rings (SSSR count). The molecule has 36 heavy (non-hydrogen) atoms. The van der Waals surface area contributed by atoms with Gasteiger partial charge in [-0.3, -0.25) is 10.0 Å². The number of aromatic nitrogens is 3. The van der Waals surface area contributed by atoms with E-state index in [-0.39, 0.29) is 12.5 Å². The maximum Gasteiger partial charge on any atom is 0.213 e. The number of ether oxygens (including phenoxy) is 4. The first-order chi connectivity index (χ1) is 17.4. The number of fused-ring (bicyclic) bond motifs is 1. The average molecular weight is 520 g/mol. The fraction of sp³-hybridized carbons (Fsp3) is 0.680. The van der Waals surface area contributed by atoms with E-state index in [1.165, 1.54) is 0 Å². The van der Waals surface area contributed by atoms with Crippen molar-refractivity contribution in [2.45, 2.75) is 57.7 Å². The summed E-state index contributed by atoms with van der Waals surface area (Å²) in [4.78, 5) is 4.48. The van der Waals surface area contributed by atoms with Gasteiger partial charge in [0.25, 0.3) is 0 Å². The second-order valence-electron chi connectivity index (χ2n) is 10.6. The minimum Gasteiger partial charge on any atom is -0.475 e. The van der Waals surface area contributed by atoms with Gasteiger partial charge in [0.1, 0.15) is 13.3 Å². The highest BCUT2D eigenvalue weighted by atomic mass is 28.3. The number of rotatable bonds is 13. The highest BCUT2D eigenvalue weighted by Crippen LogP contribution is 2.39. The Morgan fingerprint density at radius 2 is 2.00 bits per heavy atom. The SMILES string of the molecule is CN1c2cnc(OCCOCCO)cc2CN1c1cn(COCC[Si](C)(C)C)nc1C1CCCOC1. The minimum atomic E-state index is -1.13. The molecule has 2 aromatic rings. The van der Waals surface area contributed by atoms with Gasteiger partial charge >= 0.3 is 0 Å². The number of hydrogen-bond acceptors (Lipinski definition) is 9. The molecule has 0 aromatic carbocycles. The quantitative estimate of drug-likeness (QED) is 0.316. The van der Waals surface area contributed by atoms with Crippen LogP contribution >= 0.6 is 0 Å². The molecule has 0 amide bonds. The molecular formula is C25H41N5O5Si. The van der Waals surface area contributed by atoms with Crippen LogP contribution < -0.4 is 14.8 Å². The van der Waals surface area contributed by atoms with Gasteiger partial charge in [0.05, 0.1) is 62.4 Å². The molecule has 1 fully saturated rings. The molecule has 1 saturated heterocycles. The lowest BCUT2D eigenvalue weighted by molar-refractivity contribution is 0.0695. The van der Waals surface area contributed by atoms with Crippen molar-refractivity contribution in [1.29, 1.82) is 0 Å². The molecule has 11 heteroatoms. The summed E-state index contributed by atoms with van der Waals surface area (Å²) in [6.07, 6.45) is 6.08. The molecule has 0 bridgehead atoms. The third-order valence-corrected chi connectivity index (χ3v) is 8.20. The van der Waals surface area contributed by atoms with Gasteiger partial charge in [0.15, 0.2) is 0 Å². The normalized spacial score (nSPS) is 18.1. The van der Waals surface area contributed by atoms with E-state index in [9.17, 15) is 0 Å². The van der Waals surface area contributed by atoms with Gasteiger partial charge in [-0.25, -0.2) is 9.67 Å². The van der Waals surface area contributed by atoms with Gasteiger partial charge in [-0.05, 0) is 18.9 Å². The number of pyridine rings is 1. The maximum atomic E-state index is 8.81. The fourth-order valence-electron chi connectivity index (χ4n) is 4.46. The Morgan fingerprint density at radius 1 is 1.14 bits per heavy atom. The smallest absolute Gasteiger partial charge is 0.213 e. The Kier molecular flexibility index (Phi) is 9.23. The zero-order valence-corrected chi connectivity index (χ0v) is 23.1. The van der Waals surface area contributed by atoms with E-state index >= 15 is 0 Å². The Bertz CT molecular complexity index is 976. The van der Waals surface area contributed by atoms with Crippen molar-refractivity contribution < 1.29 is 24.1 Å². The van der Waals surface area contributed by atoms with Crippen LogP contribution in [0.5, 0.6) is 5.88 Å². The zero-order valence-electron chi connectivity index (χ0n) is 22.1. The van der Waals surface area contributed by atoms with Gasteiger partial charge in [-0.15, -0.1) is 0 Å². The molecule has 0 saturated carbocycles. The Labute approximate surface area is 215 Å². The Balaban J connectivity index is 1.47. The van der Waals surface area contributed by atoms with E-state index in [4.69, 9.17) is 29.2 Å². The molecule has 2 aliphatic rings. The van der Waals surface area contributed by atoms with Crippen molar-refractivity contribution in [3.05, 3.63) is 29.7 Å². The number of aliphatic hydroxyl groups is 1. The predicted octanol–water partition coefficient (Wildman–Crippen LogP) is 3.24. The van der Waals surface area contributed by atoms with E-state index in [2.05, 4.69) is 47.9 Å². The minimum absolute atomic E-state index is 0.00934. The van der Waals surface area contributed by atoms with Gasteiger partial charge in [0, 0.05) is 45.9 Å². The first kappa shape index (κ1) is 26.9. The summed E-state index contributed by atoms with van der Waals surface area (Å²) in [5, 5.41) is 18.2. The lowest BCUT2D eigenvalue weighted by atomic mass is 9.97. The number of aliphatic hydroxyl groups excluding tert-OH is 1. The standard InChI is InChI=1S/C25H41N5O5Si/c1-28-22-15-26-24(35-11-10-32-9-7-31)14-21(22)16-30(28)23-17-29(19-34-12-13-36(2,3)4)27-25(23)20-6-5-8-33-18-20/h14-15,17,20,31H,5-13,16,18-19H2,1-4H3. The number of nitrogens with zero attached hydrogens (tertiary/aromatic N) is 5. The summed E-state index contributed by atoms with van der Waals surface area (Å²) in [7, 11) is 0.922. The lowest BCUT2D eigenvalue weighted by Crippen LogP contribution is -2.35. The first-order valence-electron chi connectivity index (χ1n) is 12.9. The van der Waals surface area contributed by atoms with Gasteiger partial charge < -0.3 is 24.1 Å². The molecule has 0 radical (unpaired) electrons. The van der Waals surface area contributed by atoms with Crippen LogP contribution in [-0.2, 0) is 27.5 Å². The van der Waals surface area contributed by atoms with E-state index in [0.29, 0.717) is 45.6 Å². The largest absolute Gasteiger partial charge is 0.475 e. The number of hydrogen-bond donors (Lipinski definition) is 1. The highest BCUT2D eigenvalue weighted by molar-refractivity contribution is 6.76. The summed E-state index contributed by atoms with van der Waals surface area (Å²) < 4.78 is 24.8. The third-order valence-electron chi connectivity index (χ3n) is 6.50. The highest BCUT2D eigenvalue weighted by Gasteiger charge is 2.32. The van der Waals surface area contributed by atoms with Crippen molar-refractivity contribution in [3.8, 4) is 5.88 Å². The van der Waals surface area contributed by atoms with Crippen LogP contribution in [0.3, 0.4) is 0 Å². The van der Waals surface area contributed by atoms with Crippen LogP contribution in [0.15, 0.2) is 18.5 Å². The second kappa shape index (κ2) is 12.4. The van der Waals surface area contributed by atoms with Crippen LogP contribution in [0.25, 0.3) is 0 Å². The van der Waals surface area contributed by atoms with Gasteiger partial charge in [-0.1, -0.05) is 19.6 Å². The molecule has 200 valence electrons. The molecule has 1 atom stereocenters. The number of hydrazine groups is 1. The topological polar surface area (TPSA) is 94.3 Å². The van der Waals surface area contributed by atoms with Gasteiger partial charge in [-0.2, -0.15) is 5.10 Å². The van der Waals surface area contributed by atoms with Crippen molar-refractivity contribution in [1.82, 2.24) is 14.8 Å². The molecule has 0 aliphatic carbocycles. The van der Waals surface area contributed by atoms with Crippen LogP contribution in [0, 0.1) is 0 Å². The lowest BCUT2D eigenvalue weighted by Gasteiger charge is -2.30. The van der Waals surface area contributed by atoms with Gasteiger partial charge in [0.2, 0.25) is 5.88 Å². The van der Waals surface area contributed by atoms with Crippen LogP contribution in [0.2, 0.25) is 25.7 Å². The van der Waals surface area contributed by atoms with E-state index in [1.54, 1.807) is 0 Å². The molecule has 1 N–H and O–H groups in total. The summed E-state index contributed by atoms with van der Waals surface area (Å²) in [5.74, 6) is 0.842. The first-order valence-corrected chi connectivity index (χ1v) is 16.6. The van der Waals surface area contributed by atoms with Crippen LogP contribution in [0.1, 0.15) is 30.0 Å². The predicted molar refractivity (Wildman–Crippen MR) is 141 cm³/mol. The molecule has 1 unspecified atom stereocenters. The summed E-state index contributed by atoms with van der Waals surface area (Å²) in [5.41, 5.74) is 4.33. The molecule has 10 nitrogen and oxygen atoms in total. The van der Waals surface area contributed by atoms with Crippen LogP contribution in [-0.4, -0.2) is 81.2 Å². The monoisotopic (exact) mass is 519 g/mol. The molecule has 2 aromatic heterocycles. The number of anilines is 2. The molecule has 0 spiro atoms. The Hall–Kier alpha value is -2.18. The summed E-state index contributed by atoms with van der Waals surface area (Å²) in [6, 6.07) is 3.13. The van der Waals surface area contributed by atoms with E-state index < -0.39 is 8.07 Å². The Morgan fingerprint density at radius 3 is 2.75 bits per heavy atom. The summed E-state index contributed by atoms with van der Waals surface area (Å²) >= 11 is 0. The molecular weight excluding hydrogens is 478 g/mol. The fourth-order valence-corrected chi connectivity index (χ4v) is 5.21. The van der Waals surface area contributed by atoms with Crippen molar-refractivity contribution in [2.24, 2.45) is 0 Å². The average Bonchev–Trinajstić information content (AvgIpc) is 3.42. The van der Waals surface area contributed by atoms with Crippen molar-refractivity contribution in [2.75, 3.05) is 63.3 Å². The summed E-state index contributed by atoms with van der Waals surface area (Å²) in [6.45, 7) is 11.6. The molecule has 4 heterocycles.